The molecule has 0 spiro atoms. The molecule has 2 aliphatic rings. The third-order valence-corrected chi connectivity index (χ3v) is 4.92. The Morgan fingerprint density at radius 3 is 2.81 bits per heavy atom. The molecule has 1 N–H and O–H groups in total. The Bertz CT molecular complexity index is 388. The monoisotopic (exact) mass is 237 g/mol. The van der Waals surface area contributed by atoms with E-state index >= 15 is 0 Å². The molecule has 1 heterocycles. The summed E-state index contributed by atoms with van der Waals surface area (Å²) in [6.45, 7) is 0. The van der Waals surface area contributed by atoms with E-state index in [9.17, 15) is 4.39 Å². The fourth-order valence-electron chi connectivity index (χ4n) is 2.68. The van der Waals surface area contributed by atoms with Crippen LogP contribution in [0.3, 0.4) is 0 Å². The van der Waals surface area contributed by atoms with Crippen LogP contribution in [0.15, 0.2) is 23.1 Å². The molecule has 0 radical (unpaired) electrons. The topological polar surface area (TPSA) is 12.0 Å². The Morgan fingerprint density at radius 1 is 1.19 bits per heavy atom. The van der Waals surface area contributed by atoms with Gasteiger partial charge in [-0.1, -0.05) is 31.0 Å². The molecule has 0 aromatic heterocycles. The van der Waals surface area contributed by atoms with Gasteiger partial charge in [-0.3, -0.25) is 0 Å². The van der Waals surface area contributed by atoms with Crippen LogP contribution in [0.4, 0.5) is 10.1 Å². The standard InChI is InChI=1S/C13H16FNS/c14-10-6-7-11-12(8-10)16-13(15-11)9-4-2-1-3-5-9/h6-9,13,15H,1-5H2. The molecule has 1 aliphatic carbocycles. The highest BCUT2D eigenvalue weighted by molar-refractivity contribution is 8.00. The third-order valence-electron chi connectivity index (χ3n) is 3.57. The van der Waals surface area contributed by atoms with Crippen molar-refractivity contribution in [1.29, 1.82) is 0 Å². The smallest absolute Gasteiger partial charge is 0.124 e. The molecule has 16 heavy (non-hydrogen) atoms. The van der Waals surface area contributed by atoms with Crippen LogP contribution in [0.5, 0.6) is 0 Å². The number of rotatable bonds is 1. The van der Waals surface area contributed by atoms with Gasteiger partial charge in [0.1, 0.15) is 5.82 Å². The fourth-order valence-corrected chi connectivity index (χ4v) is 4.04. The lowest BCUT2D eigenvalue weighted by Gasteiger charge is -2.26. The lowest BCUT2D eigenvalue weighted by atomic mass is 9.89. The number of hydrogen-bond donors (Lipinski definition) is 1. The van der Waals surface area contributed by atoms with Gasteiger partial charge < -0.3 is 5.32 Å². The largest absolute Gasteiger partial charge is 0.372 e. The van der Waals surface area contributed by atoms with E-state index in [1.54, 1.807) is 17.8 Å². The first-order valence-corrected chi connectivity index (χ1v) is 6.94. The van der Waals surface area contributed by atoms with Crippen LogP contribution in [-0.2, 0) is 0 Å². The molecular formula is C13H16FNS. The molecular weight excluding hydrogens is 221 g/mol. The van der Waals surface area contributed by atoms with E-state index in [4.69, 9.17) is 0 Å². The van der Waals surface area contributed by atoms with Crippen molar-refractivity contribution in [2.45, 2.75) is 42.4 Å². The first-order valence-electron chi connectivity index (χ1n) is 6.06. The molecule has 0 saturated heterocycles. The molecule has 3 heteroatoms. The average molecular weight is 237 g/mol. The average Bonchev–Trinajstić information content (AvgIpc) is 2.73. The van der Waals surface area contributed by atoms with Crippen molar-refractivity contribution in [2.24, 2.45) is 5.92 Å². The van der Waals surface area contributed by atoms with E-state index in [0.717, 1.165) is 16.5 Å². The summed E-state index contributed by atoms with van der Waals surface area (Å²) in [4.78, 5) is 1.08. The fraction of sp³-hybridized carbons (Fsp3) is 0.538. The number of hydrogen-bond acceptors (Lipinski definition) is 2. The van der Waals surface area contributed by atoms with E-state index in [0.29, 0.717) is 5.37 Å². The van der Waals surface area contributed by atoms with Crippen molar-refractivity contribution >= 4 is 17.4 Å². The SMILES string of the molecule is Fc1ccc2c(c1)SC(C1CCCCC1)N2. The molecule has 1 saturated carbocycles. The van der Waals surface area contributed by atoms with Crippen molar-refractivity contribution < 1.29 is 4.39 Å². The first-order chi connectivity index (χ1) is 7.83. The molecule has 1 unspecified atom stereocenters. The number of anilines is 1. The molecule has 3 rings (SSSR count). The first kappa shape index (κ1) is 10.5. The molecule has 86 valence electrons. The minimum atomic E-state index is -0.127. The Kier molecular flexibility index (Phi) is 2.80. The summed E-state index contributed by atoms with van der Waals surface area (Å²) in [5.74, 6) is 0.631. The Morgan fingerprint density at radius 2 is 2.00 bits per heavy atom. The summed E-state index contributed by atoms with van der Waals surface area (Å²) >= 11 is 1.81. The minimum absolute atomic E-state index is 0.127. The van der Waals surface area contributed by atoms with E-state index < -0.39 is 0 Å². The molecule has 1 atom stereocenters. The van der Waals surface area contributed by atoms with Crippen LogP contribution in [0.1, 0.15) is 32.1 Å². The van der Waals surface area contributed by atoms with Gasteiger partial charge in [0.15, 0.2) is 0 Å². The van der Waals surface area contributed by atoms with Crippen molar-refractivity contribution in [3.05, 3.63) is 24.0 Å². The summed E-state index contributed by atoms with van der Waals surface area (Å²) in [5, 5.41) is 4.00. The predicted molar refractivity (Wildman–Crippen MR) is 66.2 cm³/mol. The quantitative estimate of drug-likeness (QED) is 0.783. The molecule has 1 aromatic rings. The van der Waals surface area contributed by atoms with E-state index in [-0.39, 0.29) is 5.82 Å². The third kappa shape index (κ3) is 1.93. The van der Waals surface area contributed by atoms with Gasteiger partial charge >= 0.3 is 0 Å². The highest BCUT2D eigenvalue weighted by Crippen LogP contribution is 2.44. The maximum atomic E-state index is 13.1. The van der Waals surface area contributed by atoms with Gasteiger partial charge in [-0.15, -0.1) is 0 Å². The van der Waals surface area contributed by atoms with E-state index in [1.807, 2.05) is 6.07 Å². The van der Waals surface area contributed by atoms with Crippen molar-refractivity contribution in [1.82, 2.24) is 0 Å². The van der Waals surface area contributed by atoms with E-state index in [2.05, 4.69) is 5.32 Å². The maximum Gasteiger partial charge on any atom is 0.124 e. The zero-order valence-electron chi connectivity index (χ0n) is 9.21. The number of fused-ring (bicyclic) bond motifs is 1. The Balaban J connectivity index is 1.74. The summed E-state index contributed by atoms with van der Waals surface area (Å²) in [5.41, 5.74) is 1.11. The van der Waals surface area contributed by atoms with E-state index in [1.165, 1.54) is 38.2 Å². The van der Waals surface area contributed by atoms with Gasteiger partial charge in [-0.05, 0) is 37.0 Å². The lowest BCUT2D eigenvalue weighted by Crippen LogP contribution is -2.24. The predicted octanol–water partition coefficient (Wildman–Crippen LogP) is 4.25. The summed E-state index contributed by atoms with van der Waals surface area (Å²) < 4.78 is 13.1. The molecule has 1 fully saturated rings. The van der Waals surface area contributed by atoms with Crippen molar-refractivity contribution in [3.8, 4) is 0 Å². The van der Waals surface area contributed by atoms with Crippen LogP contribution >= 0.6 is 11.8 Å². The Hall–Kier alpha value is -0.700. The van der Waals surface area contributed by atoms with Gasteiger partial charge in [0.25, 0.3) is 0 Å². The molecule has 1 nitrogen and oxygen atoms in total. The summed E-state index contributed by atoms with van der Waals surface area (Å²) in [6.07, 6.45) is 6.74. The maximum absolute atomic E-state index is 13.1. The van der Waals surface area contributed by atoms with Crippen LogP contribution in [0.25, 0.3) is 0 Å². The normalized spacial score (nSPS) is 25.2. The van der Waals surface area contributed by atoms with Gasteiger partial charge in [0.2, 0.25) is 0 Å². The van der Waals surface area contributed by atoms with Gasteiger partial charge in [-0.2, -0.15) is 0 Å². The summed E-state index contributed by atoms with van der Waals surface area (Å²) in [6, 6.07) is 5.05. The molecule has 1 aliphatic heterocycles. The highest BCUT2D eigenvalue weighted by Gasteiger charge is 2.29. The second-order valence-corrected chi connectivity index (χ2v) is 5.90. The van der Waals surface area contributed by atoms with Crippen LogP contribution in [-0.4, -0.2) is 5.37 Å². The lowest BCUT2D eigenvalue weighted by molar-refractivity contribution is 0.361. The number of nitrogens with one attached hydrogen (secondary N) is 1. The Labute approximate surface area is 99.8 Å². The van der Waals surface area contributed by atoms with Crippen LogP contribution < -0.4 is 5.32 Å². The van der Waals surface area contributed by atoms with Crippen molar-refractivity contribution in [3.63, 3.8) is 0 Å². The zero-order valence-corrected chi connectivity index (χ0v) is 10.0. The number of halogens is 1. The molecule has 0 amide bonds. The minimum Gasteiger partial charge on any atom is -0.372 e. The zero-order chi connectivity index (χ0) is 11.0. The van der Waals surface area contributed by atoms with Crippen LogP contribution in [0, 0.1) is 11.7 Å². The number of benzene rings is 1. The van der Waals surface area contributed by atoms with Gasteiger partial charge in [0.05, 0.1) is 5.37 Å². The second kappa shape index (κ2) is 4.28. The van der Waals surface area contributed by atoms with Crippen molar-refractivity contribution in [2.75, 3.05) is 5.32 Å². The highest BCUT2D eigenvalue weighted by atomic mass is 32.2. The number of thioether (sulfide) groups is 1. The second-order valence-electron chi connectivity index (χ2n) is 4.72. The van der Waals surface area contributed by atoms with Crippen LogP contribution in [0.2, 0.25) is 0 Å². The summed E-state index contributed by atoms with van der Waals surface area (Å²) in [7, 11) is 0. The van der Waals surface area contributed by atoms with Gasteiger partial charge in [-0.25, -0.2) is 4.39 Å². The van der Waals surface area contributed by atoms with Gasteiger partial charge in [0, 0.05) is 10.6 Å². The molecule has 1 aromatic carbocycles. The molecule has 0 bridgehead atoms.